The maximum Gasteiger partial charge on any atom is 0.293 e. The predicted molar refractivity (Wildman–Crippen MR) is 95.6 cm³/mol. The van der Waals surface area contributed by atoms with Gasteiger partial charge in [0.15, 0.2) is 5.82 Å². The molecule has 1 saturated heterocycles. The normalized spacial score (nSPS) is 20.6. The van der Waals surface area contributed by atoms with Gasteiger partial charge in [0.25, 0.3) is 11.1 Å². The van der Waals surface area contributed by atoms with Gasteiger partial charge in [-0.3, -0.25) is 14.5 Å². The van der Waals surface area contributed by atoms with Crippen molar-refractivity contribution >= 4 is 63.8 Å². The summed E-state index contributed by atoms with van der Waals surface area (Å²) in [5.41, 5.74) is 0. The molecule has 3 rings (SSSR count). The Labute approximate surface area is 145 Å². The lowest BCUT2D eigenvalue weighted by Crippen LogP contribution is -2.22. The monoisotopic (exact) mass is 365 g/mol. The van der Waals surface area contributed by atoms with Crippen molar-refractivity contribution in [3.05, 3.63) is 43.6 Å². The van der Waals surface area contributed by atoms with Crippen molar-refractivity contribution in [3.63, 3.8) is 0 Å². The minimum Gasteiger partial charge on any atom is -0.333 e. The molecule has 0 atom stereocenters. The topological polar surface area (TPSA) is 53.5 Å². The van der Waals surface area contributed by atoms with E-state index < -0.39 is 0 Å². The molecule has 1 fully saturated rings. The highest BCUT2D eigenvalue weighted by Gasteiger charge is 2.31. The molecule has 1 aromatic heterocycles. The number of thiazole rings is 1. The average Bonchev–Trinajstić information content (AvgIpc) is 3.00. The third-order valence-electron chi connectivity index (χ3n) is 3.16. The predicted octanol–water partition coefficient (Wildman–Crippen LogP) is 2.00. The van der Waals surface area contributed by atoms with Crippen molar-refractivity contribution < 1.29 is 9.59 Å². The van der Waals surface area contributed by atoms with Crippen LogP contribution in [0.2, 0.25) is 0 Å². The number of hydrogen-bond donors (Lipinski definition) is 0. The third kappa shape index (κ3) is 3.26. The van der Waals surface area contributed by atoms with Crippen LogP contribution in [-0.2, 0) is 4.79 Å². The Morgan fingerprint density at radius 2 is 1.96 bits per heavy atom. The second-order valence-electron chi connectivity index (χ2n) is 4.82. The van der Waals surface area contributed by atoms with Crippen molar-refractivity contribution in [1.29, 1.82) is 0 Å². The highest BCUT2D eigenvalue weighted by Crippen LogP contribution is 2.28. The molecule has 0 spiro atoms. The molecule has 23 heavy (non-hydrogen) atoms. The number of halogens is 1. The smallest absolute Gasteiger partial charge is 0.293 e. The van der Waals surface area contributed by atoms with Gasteiger partial charge >= 0.3 is 0 Å². The number of fused-ring (bicyclic) bond motifs is 1. The van der Waals surface area contributed by atoms with Gasteiger partial charge in [-0.05, 0) is 30.0 Å². The number of carbonyl (C=O) groups excluding carboxylic acids is 2. The number of anilines is 1. The average molecular weight is 366 g/mol. The van der Waals surface area contributed by atoms with Crippen LogP contribution in [0.4, 0.5) is 10.6 Å². The summed E-state index contributed by atoms with van der Waals surface area (Å²) in [5, 5.41) is 0.412. The van der Waals surface area contributed by atoms with E-state index in [9.17, 15) is 9.59 Å². The Bertz CT molecular complexity index is 898. The summed E-state index contributed by atoms with van der Waals surface area (Å²) in [6.45, 7) is 0. The van der Waals surface area contributed by atoms with E-state index in [0.717, 1.165) is 31.7 Å². The third-order valence-corrected chi connectivity index (χ3v) is 5.30. The van der Waals surface area contributed by atoms with Crippen LogP contribution < -0.4 is 14.1 Å². The molecule has 0 radical (unpaired) electrons. The molecule has 0 unspecified atom stereocenters. The lowest BCUT2D eigenvalue weighted by molar-refractivity contribution is -0.121. The SMILES string of the molecule is CN1C(=O)S\C(=C/C=C/C=c2\nc3c(s2)=CC(Cl)=CN3C)C1=O. The molecule has 1 aromatic rings. The number of imide groups is 1. The molecule has 3 heterocycles. The Morgan fingerprint density at radius 1 is 1.22 bits per heavy atom. The minimum absolute atomic E-state index is 0.255. The second-order valence-corrected chi connectivity index (χ2v) is 7.32. The van der Waals surface area contributed by atoms with Crippen LogP contribution in [0.25, 0.3) is 12.2 Å². The zero-order chi connectivity index (χ0) is 16.6. The number of carbonyl (C=O) groups is 2. The van der Waals surface area contributed by atoms with E-state index in [0.29, 0.717) is 9.94 Å². The highest BCUT2D eigenvalue weighted by atomic mass is 35.5. The van der Waals surface area contributed by atoms with E-state index >= 15 is 0 Å². The van der Waals surface area contributed by atoms with Crippen molar-refractivity contribution in [1.82, 2.24) is 9.88 Å². The maximum absolute atomic E-state index is 11.7. The first-order chi connectivity index (χ1) is 11.0. The van der Waals surface area contributed by atoms with Gasteiger partial charge in [0.2, 0.25) is 0 Å². The summed E-state index contributed by atoms with van der Waals surface area (Å²) in [6.07, 6.45) is 10.7. The summed E-state index contributed by atoms with van der Waals surface area (Å²) >= 11 is 8.50. The van der Waals surface area contributed by atoms with Gasteiger partial charge in [-0.2, -0.15) is 0 Å². The molecule has 0 saturated carbocycles. The van der Waals surface area contributed by atoms with Crippen molar-refractivity contribution in [2.75, 3.05) is 19.0 Å². The standard InChI is InChI=1S/C15H12ClN3O2S2/c1-18-8-9(16)7-11-13(18)17-12(22-11)6-4-3-5-10-14(20)19(2)15(21)23-10/h3-8H,1-2H3/b4-3+,10-5-,12-6+. The van der Waals surface area contributed by atoms with Crippen LogP contribution in [0.3, 0.4) is 0 Å². The van der Waals surface area contributed by atoms with E-state index in [1.54, 1.807) is 18.2 Å². The van der Waals surface area contributed by atoms with Crippen molar-refractivity contribution in [2.24, 2.45) is 0 Å². The van der Waals surface area contributed by atoms with Crippen LogP contribution in [0.1, 0.15) is 0 Å². The zero-order valence-corrected chi connectivity index (χ0v) is 14.7. The van der Waals surface area contributed by atoms with E-state index in [-0.39, 0.29) is 11.1 Å². The summed E-state index contributed by atoms with van der Waals surface area (Å²) in [5.74, 6) is 0.595. The molecule has 0 N–H and O–H groups in total. The van der Waals surface area contributed by atoms with E-state index in [4.69, 9.17) is 11.6 Å². The van der Waals surface area contributed by atoms with Gasteiger partial charge in [0.1, 0.15) is 4.66 Å². The van der Waals surface area contributed by atoms with Crippen molar-refractivity contribution in [3.8, 4) is 0 Å². The zero-order valence-electron chi connectivity index (χ0n) is 12.3. The van der Waals surface area contributed by atoms with Gasteiger partial charge < -0.3 is 4.90 Å². The van der Waals surface area contributed by atoms with Crippen LogP contribution in [0, 0.1) is 0 Å². The molecule has 2 aliphatic rings. The summed E-state index contributed by atoms with van der Waals surface area (Å²) in [7, 11) is 3.37. The fourth-order valence-corrected chi connectivity index (χ4v) is 4.08. The largest absolute Gasteiger partial charge is 0.333 e. The fourth-order valence-electron chi connectivity index (χ4n) is 2.01. The summed E-state index contributed by atoms with van der Waals surface area (Å²) in [6, 6.07) is 0. The minimum atomic E-state index is -0.272. The Kier molecular flexibility index (Phi) is 4.43. The maximum atomic E-state index is 11.7. The Hall–Kier alpha value is -1.83. The Morgan fingerprint density at radius 3 is 2.65 bits per heavy atom. The molecule has 2 aliphatic heterocycles. The molecular weight excluding hydrogens is 354 g/mol. The second kappa shape index (κ2) is 6.35. The summed E-state index contributed by atoms with van der Waals surface area (Å²) < 4.78 is 1.85. The number of hydrogen-bond acceptors (Lipinski definition) is 6. The van der Waals surface area contributed by atoms with Crippen LogP contribution >= 0.6 is 34.7 Å². The molecule has 5 nitrogen and oxygen atoms in total. The number of likely N-dealkylation sites (N-methyl/N-ethyl adjacent to an activating group) is 1. The van der Waals surface area contributed by atoms with Gasteiger partial charge in [0.05, 0.1) is 14.5 Å². The molecule has 2 amide bonds. The molecule has 8 heteroatoms. The van der Waals surface area contributed by atoms with E-state index in [2.05, 4.69) is 4.98 Å². The number of thioether (sulfide) groups is 1. The highest BCUT2D eigenvalue weighted by molar-refractivity contribution is 8.18. The number of allylic oxidation sites excluding steroid dienone is 4. The van der Waals surface area contributed by atoms with Crippen molar-refractivity contribution in [2.45, 2.75) is 0 Å². The molecule has 118 valence electrons. The number of aromatic nitrogens is 1. The van der Waals surface area contributed by atoms with Gasteiger partial charge in [-0.15, -0.1) is 11.3 Å². The molecular formula is C15H12ClN3O2S2. The molecule has 0 bridgehead atoms. The van der Waals surface area contributed by atoms with Crippen LogP contribution in [0.5, 0.6) is 0 Å². The first-order valence-electron chi connectivity index (χ1n) is 6.63. The first kappa shape index (κ1) is 16.0. The molecule has 0 aliphatic carbocycles. The van der Waals surface area contributed by atoms with Gasteiger partial charge in [-0.25, -0.2) is 4.98 Å². The van der Waals surface area contributed by atoms with Gasteiger partial charge in [-0.1, -0.05) is 23.8 Å². The number of amides is 2. The van der Waals surface area contributed by atoms with E-state index in [1.165, 1.54) is 18.4 Å². The van der Waals surface area contributed by atoms with Crippen LogP contribution in [-0.4, -0.2) is 35.1 Å². The number of nitrogens with zero attached hydrogens (tertiary/aromatic N) is 3. The quantitative estimate of drug-likeness (QED) is 0.750. The number of rotatable bonds is 2. The molecule has 0 aromatic carbocycles. The lowest BCUT2D eigenvalue weighted by atomic mass is 10.4. The summed E-state index contributed by atoms with van der Waals surface area (Å²) in [4.78, 5) is 31.0. The lowest BCUT2D eigenvalue weighted by Gasteiger charge is -2.13. The first-order valence-corrected chi connectivity index (χ1v) is 8.64. The fraction of sp³-hybridized carbons (Fsp3) is 0.133. The van der Waals surface area contributed by atoms with Crippen LogP contribution in [0.15, 0.2) is 34.4 Å². The van der Waals surface area contributed by atoms with Gasteiger partial charge in [0, 0.05) is 20.3 Å². The Balaban J connectivity index is 1.80. The van der Waals surface area contributed by atoms with E-state index in [1.807, 2.05) is 30.3 Å².